The van der Waals surface area contributed by atoms with Crippen LogP contribution >= 0.6 is 11.6 Å². The molecule has 0 aliphatic rings. The predicted molar refractivity (Wildman–Crippen MR) is 79.5 cm³/mol. The molecule has 0 aromatic heterocycles. The van der Waals surface area contributed by atoms with Crippen molar-refractivity contribution in [1.82, 2.24) is 0 Å². The molecule has 0 bridgehead atoms. The molecule has 20 heavy (non-hydrogen) atoms. The maximum absolute atomic E-state index is 9.95. The molecule has 0 fully saturated rings. The minimum absolute atomic E-state index is 0.466. The van der Waals surface area contributed by atoms with E-state index in [-0.39, 0.29) is 0 Å². The van der Waals surface area contributed by atoms with Crippen LogP contribution < -0.4 is 9.47 Å². The summed E-state index contributed by atoms with van der Waals surface area (Å²) in [5.41, 5.74) is 0.902. The Kier molecular flexibility index (Phi) is 4.88. The summed E-state index contributed by atoms with van der Waals surface area (Å²) in [6, 6.07) is 14.7. The lowest BCUT2D eigenvalue weighted by molar-refractivity contribution is 0.0463. The largest absolute Gasteiger partial charge is 0.493 e. The first kappa shape index (κ1) is 14.7. The zero-order chi connectivity index (χ0) is 14.5. The van der Waals surface area contributed by atoms with Crippen LogP contribution in [0.5, 0.6) is 11.5 Å². The van der Waals surface area contributed by atoms with Crippen LogP contribution in [0.2, 0.25) is 5.02 Å². The van der Waals surface area contributed by atoms with Gasteiger partial charge in [-0.3, -0.25) is 0 Å². The Balaban J connectivity index is 2.30. The molecule has 0 heterocycles. The SMILES string of the molecule is COc1cc(Cl)ccc1OC(c1ccccc1)C(C)O. The van der Waals surface area contributed by atoms with E-state index in [9.17, 15) is 5.11 Å². The van der Waals surface area contributed by atoms with Crippen LogP contribution in [0, 0.1) is 0 Å². The Morgan fingerprint density at radius 2 is 1.75 bits per heavy atom. The van der Waals surface area contributed by atoms with Crippen molar-refractivity contribution in [2.24, 2.45) is 0 Å². The number of methoxy groups -OCH3 is 1. The topological polar surface area (TPSA) is 38.7 Å². The van der Waals surface area contributed by atoms with Crippen molar-refractivity contribution >= 4 is 11.6 Å². The highest BCUT2D eigenvalue weighted by Crippen LogP contribution is 2.34. The van der Waals surface area contributed by atoms with Gasteiger partial charge in [0.1, 0.15) is 6.10 Å². The molecule has 3 nitrogen and oxygen atoms in total. The van der Waals surface area contributed by atoms with Crippen molar-refractivity contribution in [2.45, 2.75) is 19.1 Å². The van der Waals surface area contributed by atoms with Crippen LogP contribution in [-0.2, 0) is 0 Å². The number of ether oxygens (including phenoxy) is 2. The molecule has 2 aromatic carbocycles. The highest BCUT2D eigenvalue weighted by molar-refractivity contribution is 6.30. The van der Waals surface area contributed by atoms with Gasteiger partial charge in [-0.15, -0.1) is 0 Å². The van der Waals surface area contributed by atoms with E-state index in [0.717, 1.165) is 5.56 Å². The molecule has 4 heteroatoms. The van der Waals surface area contributed by atoms with Crippen molar-refractivity contribution in [3.8, 4) is 11.5 Å². The van der Waals surface area contributed by atoms with E-state index in [4.69, 9.17) is 21.1 Å². The van der Waals surface area contributed by atoms with E-state index < -0.39 is 12.2 Å². The molecule has 2 aromatic rings. The number of rotatable bonds is 5. The molecule has 106 valence electrons. The van der Waals surface area contributed by atoms with Crippen molar-refractivity contribution in [1.29, 1.82) is 0 Å². The molecule has 0 spiro atoms. The third-order valence-electron chi connectivity index (χ3n) is 2.95. The molecule has 0 amide bonds. The smallest absolute Gasteiger partial charge is 0.162 e. The van der Waals surface area contributed by atoms with Gasteiger partial charge in [0, 0.05) is 11.1 Å². The highest BCUT2D eigenvalue weighted by Gasteiger charge is 2.20. The Morgan fingerprint density at radius 1 is 1.05 bits per heavy atom. The van der Waals surface area contributed by atoms with Gasteiger partial charge >= 0.3 is 0 Å². The molecule has 0 saturated carbocycles. The number of benzene rings is 2. The number of aliphatic hydroxyl groups excluding tert-OH is 1. The van der Waals surface area contributed by atoms with Gasteiger partial charge in [-0.25, -0.2) is 0 Å². The van der Waals surface area contributed by atoms with Crippen LogP contribution in [-0.4, -0.2) is 18.3 Å². The van der Waals surface area contributed by atoms with Crippen LogP contribution in [0.15, 0.2) is 48.5 Å². The Morgan fingerprint density at radius 3 is 2.35 bits per heavy atom. The minimum atomic E-state index is -0.655. The van der Waals surface area contributed by atoms with Crippen molar-refractivity contribution < 1.29 is 14.6 Å². The van der Waals surface area contributed by atoms with Crippen molar-refractivity contribution in [2.75, 3.05) is 7.11 Å². The summed E-state index contributed by atoms with van der Waals surface area (Å²) in [7, 11) is 1.55. The number of aliphatic hydroxyl groups is 1. The fraction of sp³-hybridized carbons (Fsp3) is 0.250. The summed E-state index contributed by atoms with van der Waals surface area (Å²) in [5.74, 6) is 1.09. The summed E-state index contributed by atoms with van der Waals surface area (Å²) in [6.07, 6.45) is -1.12. The first-order valence-electron chi connectivity index (χ1n) is 6.35. The second kappa shape index (κ2) is 6.64. The summed E-state index contributed by atoms with van der Waals surface area (Å²) in [6.45, 7) is 1.69. The maximum Gasteiger partial charge on any atom is 0.162 e. The normalized spacial score (nSPS) is 13.6. The van der Waals surface area contributed by atoms with E-state index in [2.05, 4.69) is 0 Å². The molecule has 0 saturated heterocycles. The van der Waals surface area contributed by atoms with Crippen LogP contribution in [0.4, 0.5) is 0 Å². The predicted octanol–water partition coefficient (Wildman–Crippen LogP) is 3.85. The minimum Gasteiger partial charge on any atom is -0.493 e. The van der Waals surface area contributed by atoms with Gasteiger partial charge in [0.05, 0.1) is 13.2 Å². The molecule has 0 aliphatic heterocycles. The fourth-order valence-electron chi connectivity index (χ4n) is 1.96. The van der Waals surface area contributed by atoms with Gasteiger partial charge in [-0.2, -0.15) is 0 Å². The Hall–Kier alpha value is -1.71. The second-order valence-electron chi connectivity index (χ2n) is 4.48. The average molecular weight is 293 g/mol. The van der Waals surface area contributed by atoms with Gasteiger partial charge in [0.25, 0.3) is 0 Å². The molecular formula is C16H17ClO3. The van der Waals surface area contributed by atoms with Crippen LogP contribution in [0.3, 0.4) is 0 Å². The number of hydrogen-bond acceptors (Lipinski definition) is 3. The standard InChI is InChI=1S/C16H17ClO3/c1-11(18)16(12-6-4-3-5-7-12)20-14-9-8-13(17)10-15(14)19-2/h3-11,16,18H,1-2H3. The summed E-state index contributed by atoms with van der Waals surface area (Å²) >= 11 is 5.93. The lowest BCUT2D eigenvalue weighted by Crippen LogP contribution is -2.20. The van der Waals surface area contributed by atoms with E-state index in [0.29, 0.717) is 16.5 Å². The van der Waals surface area contributed by atoms with Gasteiger partial charge in [0.15, 0.2) is 11.5 Å². The summed E-state index contributed by atoms with van der Waals surface area (Å²) in [4.78, 5) is 0. The lowest BCUT2D eigenvalue weighted by Gasteiger charge is -2.23. The van der Waals surface area contributed by atoms with Crippen LogP contribution in [0.1, 0.15) is 18.6 Å². The molecule has 2 atom stereocenters. The second-order valence-corrected chi connectivity index (χ2v) is 4.92. The van der Waals surface area contributed by atoms with Gasteiger partial charge < -0.3 is 14.6 Å². The lowest BCUT2D eigenvalue weighted by atomic mass is 10.1. The highest BCUT2D eigenvalue weighted by atomic mass is 35.5. The summed E-state index contributed by atoms with van der Waals surface area (Å²) in [5, 5.41) is 10.5. The monoisotopic (exact) mass is 292 g/mol. The number of hydrogen-bond donors (Lipinski definition) is 1. The molecule has 2 rings (SSSR count). The van der Waals surface area contributed by atoms with Crippen molar-refractivity contribution in [3.05, 3.63) is 59.1 Å². The first-order valence-corrected chi connectivity index (χ1v) is 6.73. The maximum atomic E-state index is 9.95. The van der Waals surface area contributed by atoms with E-state index in [1.807, 2.05) is 30.3 Å². The summed E-state index contributed by atoms with van der Waals surface area (Å²) < 4.78 is 11.2. The quantitative estimate of drug-likeness (QED) is 0.910. The third kappa shape index (κ3) is 3.44. The average Bonchev–Trinajstić information content (AvgIpc) is 2.46. The number of halogens is 1. The first-order chi connectivity index (χ1) is 9.61. The molecule has 1 N–H and O–H groups in total. The Labute approximate surface area is 123 Å². The molecular weight excluding hydrogens is 276 g/mol. The van der Waals surface area contributed by atoms with Gasteiger partial charge in [0.2, 0.25) is 0 Å². The van der Waals surface area contributed by atoms with E-state index in [1.165, 1.54) is 0 Å². The van der Waals surface area contributed by atoms with Crippen LogP contribution in [0.25, 0.3) is 0 Å². The molecule has 0 aliphatic carbocycles. The Bertz CT molecular complexity index is 555. The van der Waals surface area contributed by atoms with Gasteiger partial charge in [-0.05, 0) is 24.6 Å². The zero-order valence-electron chi connectivity index (χ0n) is 11.4. The third-order valence-corrected chi connectivity index (χ3v) is 3.18. The fourth-order valence-corrected chi connectivity index (χ4v) is 2.13. The molecule has 2 unspecified atom stereocenters. The van der Waals surface area contributed by atoms with Crippen molar-refractivity contribution in [3.63, 3.8) is 0 Å². The zero-order valence-corrected chi connectivity index (χ0v) is 12.2. The van der Waals surface area contributed by atoms with E-state index >= 15 is 0 Å². The molecule has 0 radical (unpaired) electrons. The van der Waals surface area contributed by atoms with Gasteiger partial charge in [-0.1, -0.05) is 41.9 Å². The van der Waals surface area contributed by atoms with E-state index in [1.54, 1.807) is 32.2 Å².